The van der Waals surface area contributed by atoms with E-state index in [1.807, 2.05) is 25.1 Å². The predicted octanol–water partition coefficient (Wildman–Crippen LogP) is 2.93. The molecule has 0 aliphatic heterocycles. The van der Waals surface area contributed by atoms with Crippen molar-refractivity contribution in [1.29, 1.82) is 0 Å². The number of hydrogen-bond donors (Lipinski definition) is 2. The van der Waals surface area contributed by atoms with Crippen molar-refractivity contribution in [1.82, 2.24) is 10.4 Å². The summed E-state index contributed by atoms with van der Waals surface area (Å²) in [5.41, 5.74) is 5.41. The first-order valence-corrected chi connectivity index (χ1v) is 6.31. The summed E-state index contributed by atoms with van der Waals surface area (Å²) in [6.07, 6.45) is 0.590. The molecule has 3 N–H and O–H groups in total. The van der Waals surface area contributed by atoms with Crippen LogP contribution in [-0.4, -0.2) is 4.98 Å². The van der Waals surface area contributed by atoms with Gasteiger partial charge < -0.3 is 0 Å². The first-order valence-electron chi connectivity index (χ1n) is 5.94. The summed E-state index contributed by atoms with van der Waals surface area (Å²) in [4.78, 5) is 4.43. The summed E-state index contributed by atoms with van der Waals surface area (Å²) in [6, 6.07) is 10.3. The maximum atomic E-state index is 13.1. The lowest BCUT2D eigenvalue weighted by atomic mass is 10.0. The molecule has 2 rings (SSSR count). The van der Waals surface area contributed by atoms with Gasteiger partial charge in [-0.2, -0.15) is 0 Å². The number of hydrazine groups is 1. The Kier molecular flexibility index (Phi) is 4.47. The van der Waals surface area contributed by atoms with Crippen molar-refractivity contribution >= 4 is 11.6 Å². The number of rotatable bonds is 4. The second-order valence-electron chi connectivity index (χ2n) is 4.38. The Morgan fingerprint density at radius 3 is 2.79 bits per heavy atom. The molecule has 1 unspecified atom stereocenters. The number of nitrogens with zero attached hydrogens (tertiary/aromatic N) is 1. The van der Waals surface area contributed by atoms with Crippen molar-refractivity contribution in [3.63, 3.8) is 0 Å². The van der Waals surface area contributed by atoms with Crippen LogP contribution in [0.25, 0.3) is 0 Å². The fourth-order valence-corrected chi connectivity index (χ4v) is 2.11. The topological polar surface area (TPSA) is 50.9 Å². The van der Waals surface area contributed by atoms with Crippen LogP contribution in [0.2, 0.25) is 5.02 Å². The van der Waals surface area contributed by atoms with Crippen LogP contribution in [0, 0.1) is 12.7 Å². The Balaban J connectivity index is 2.21. The minimum Gasteiger partial charge on any atom is -0.271 e. The largest absolute Gasteiger partial charge is 0.271 e. The minimum absolute atomic E-state index is 0.116. The van der Waals surface area contributed by atoms with Crippen molar-refractivity contribution in [2.45, 2.75) is 19.4 Å². The molecule has 0 spiro atoms. The van der Waals surface area contributed by atoms with Crippen LogP contribution in [-0.2, 0) is 6.42 Å². The van der Waals surface area contributed by atoms with Gasteiger partial charge in [-0.3, -0.25) is 16.3 Å². The average Bonchev–Trinajstić information content (AvgIpc) is 2.40. The summed E-state index contributed by atoms with van der Waals surface area (Å²) < 4.78 is 13.1. The van der Waals surface area contributed by atoms with Gasteiger partial charge in [0.25, 0.3) is 0 Å². The highest BCUT2D eigenvalue weighted by molar-refractivity contribution is 6.30. The van der Waals surface area contributed by atoms with E-state index in [-0.39, 0.29) is 11.1 Å². The fourth-order valence-electron chi connectivity index (χ4n) is 1.91. The molecular weight excluding hydrogens is 265 g/mol. The molecule has 19 heavy (non-hydrogen) atoms. The van der Waals surface area contributed by atoms with Crippen molar-refractivity contribution in [2.24, 2.45) is 5.84 Å². The summed E-state index contributed by atoms with van der Waals surface area (Å²) >= 11 is 5.77. The Morgan fingerprint density at radius 2 is 2.16 bits per heavy atom. The number of aromatic nitrogens is 1. The van der Waals surface area contributed by atoms with Crippen molar-refractivity contribution in [3.05, 3.63) is 64.2 Å². The summed E-state index contributed by atoms with van der Waals surface area (Å²) in [5.74, 6) is 5.15. The number of halogens is 2. The third-order valence-corrected chi connectivity index (χ3v) is 3.18. The van der Waals surface area contributed by atoms with Crippen LogP contribution in [0.4, 0.5) is 4.39 Å². The second-order valence-corrected chi connectivity index (χ2v) is 4.78. The molecule has 2 aromatic rings. The molecule has 1 atom stereocenters. The maximum absolute atomic E-state index is 13.1. The maximum Gasteiger partial charge on any atom is 0.141 e. The molecule has 0 saturated carbocycles. The normalized spacial score (nSPS) is 12.4. The van der Waals surface area contributed by atoms with Crippen molar-refractivity contribution in [2.75, 3.05) is 0 Å². The van der Waals surface area contributed by atoms with E-state index in [1.54, 1.807) is 12.1 Å². The molecule has 1 aromatic heterocycles. The Labute approximate surface area is 116 Å². The molecule has 5 heteroatoms. The molecule has 3 nitrogen and oxygen atoms in total. The van der Waals surface area contributed by atoms with E-state index in [0.717, 1.165) is 17.0 Å². The Hall–Kier alpha value is -1.49. The Morgan fingerprint density at radius 1 is 1.37 bits per heavy atom. The lowest BCUT2D eigenvalue weighted by Crippen LogP contribution is -2.30. The Bertz CT molecular complexity index is 574. The van der Waals surface area contributed by atoms with Crippen LogP contribution in [0.1, 0.15) is 23.0 Å². The fraction of sp³-hybridized carbons (Fsp3) is 0.214. The smallest absolute Gasteiger partial charge is 0.141 e. The molecule has 1 heterocycles. The zero-order chi connectivity index (χ0) is 13.8. The molecule has 0 bridgehead atoms. The number of nitrogens with one attached hydrogen (secondary N) is 1. The zero-order valence-corrected chi connectivity index (χ0v) is 11.3. The average molecular weight is 280 g/mol. The molecule has 1 aromatic carbocycles. The van der Waals surface area contributed by atoms with Gasteiger partial charge in [0, 0.05) is 5.69 Å². The van der Waals surface area contributed by atoms with Gasteiger partial charge >= 0.3 is 0 Å². The van der Waals surface area contributed by atoms with Crippen molar-refractivity contribution < 1.29 is 4.39 Å². The lowest BCUT2D eigenvalue weighted by Gasteiger charge is -2.16. The number of benzene rings is 1. The van der Waals surface area contributed by atoms with Crippen LogP contribution < -0.4 is 11.3 Å². The number of nitrogens with two attached hydrogens (primary N) is 1. The van der Waals surface area contributed by atoms with Gasteiger partial charge in [0.15, 0.2) is 0 Å². The van der Waals surface area contributed by atoms with Gasteiger partial charge in [0.1, 0.15) is 5.82 Å². The third-order valence-electron chi connectivity index (χ3n) is 2.89. The van der Waals surface area contributed by atoms with E-state index in [4.69, 9.17) is 17.4 Å². The standard InChI is InChI=1S/C14H15ClFN3/c1-9-3-2-4-13(18-9)14(19-17)8-10-5-6-12(16)11(15)7-10/h2-7,14,19H,8,17H2,1H3. The molecule has 100 valence electrons. The highest BCUT2D eigenvalue weighted by atomic mass is 35.5. The quantitative estimate of drug-likeness (QED) is 0.668. The monoisotopic (exact) mass is 279 g/mol. The van der Waals surface area contributed by atoms with Gasteiger partial charge in [0.2, 0.25) is 0 Å². The van der Waals surface area contributed by atoms with E-state index in [0.29, 0.717) is 6.42 Å². The summed E-state index contributed by atoms with van der Waals surface area (Å²) in [6.45, 7) is 1.92. The van der Waals surface area contributed by atoms with Gasteiger partial charge in [-0.05, 0) is 43.2 Å². The van der Waals surface area contributed by atoms with Crippen LogP contribution in [0.3, 0.4) is 0 Å². The number of pyridine rings is 1. The van der Waals surface area contributed by atoms with Gasteiger partial charge in [-0.25, -0.2) is 4.39 Å². The van der Waals surface area contributed by atoms with E-state index >= 15 is 0 Å². The second kappa shape index (κ2) is 6.10. The van der Waals surface area contributed by atoms with Crippen molar-refractivity contribution in [3.8, 4) is 0 Å². The molecule has 0 saturated heterocycles. The van der Waals surface area contributed by atoms with E-state index < -0.39 is 5.82 Å². The van der Waals surface area contributed by atoms with Crippen LogP contribution in [0.15, 0.2) is 36.4 Å². The summed E-state index contributed by atoms with van der Waals surface area (Å²) in [7, 11) is 0. The molecule has 0 amide bonds. The molecule has 0 aliphatic rings. The van der Waals surface area contributed by atoms with Crippen LogP contribution >= 0.6 is 11.6 Å². The predicted molar refractivity (Wildman–Crippen MR) is 74.2 cm³/mol. The highest BCUT2D eigenvalue weighted by Gasteiger charge is 2.13. The molecule has 0 radical (unpaired) electrons. The highest BCUT2D eigenvalue weighted by Crippen LogP contribution is 2.21. The summed E-state index contributed by atoms with van der Waals surface area (Å²) in [5, 5.41) is 0.116. The van der Waals surface area contributed by atoms with E-state index in [2.05, 4.69) is 10.4 Å². The van der Waals surface area contributed by atoms with E-state index in [9.17, 15) is 4.39 Å². The first-order chi connectivity index (χ1) is 9.10. The zero-order valence-electron chi connectivity index (χ0n) is 10.5. The van der Waals surface area contributed by atoms with Gasteiger partial charge in [-0.15, -0.1) is 0 Å². The number of hydrogen-bond acceptors (Lipinski definition) is 3. The SMILES string of the molecule is Cc1cccc(C(Cc2ccc(F)c(Cl)c2)NN)n1. The van der Waals surface area contributed by atoms with Crippen LogP contribution in [0.5, 0.6) is 0 Å². The first kappa shape index (κ1) is 13.9. The molecule has 0 aliphatic carbocycles. The third kappa shape index (κ3) is 3.50. The lowest BCUT2D eigenvalue weighted by molar-refractivity contribution is 0.536. The molecule has 0 fully saturated rings. The van der Waals surface area contributed by atoms with Gasteiger partial charge in [-0.1, -0.05) is 23.7 Å². The minimum atomic E-state index is -0.420. The van der Waals surface area contributed by atoms with Gasteiger partial charge in [0.05, 0.1) is 16.8 Å². The molecular formula is C14H15ClFN3. The number of aryl methyl sites for hydroxylation is 1. The van der Waals surface area contributed by atoms with E-state index in [1.165, 1.54) is 6.07 Å².